The number of aryl methyl sites for hydroxylation is 1. The number of fused-ring (bicyclic) bond motifs is 1. The van der Waals surface area contributed by atoms with Crippen LogP contribution in [0.1, 0.15) is 31.5 Å². The van der Waals surface area contributed by atoms with E-state index >= 15 is 0 Å². The Morgan fingerprint density at radius 3 is 2.67 bits per heavy atom. The number of nitrogens with one attached hydrogen (secondary N) is 1. The number of aliphatic hydroxyl groups is 2. The molecule has 1 aliphatic heterocycles. The van der Waals surface area contributed by atoms with E-state index in [0.29, 0.717) is 36.7 Å². The maximum absolute atomic E-state index is 13.7. The lowest BCUT2D eigenvalue weighted by Crippen LogP contribution is -2.42. The van der Waals surface area contributed by atoms with Gasteiger partial charge in [0.15, 0.2) is 5.82 Å². The van der Waals surface area contributed by atoms with Crippen molar-refractivity contribution in [2.75, 3.05) is 41.4 Å². The Hall–Kier alpha value is -3.97. The van der Waals surface area contributed by atoms with Crippen LogP contribution in [0.2, 0.25) is 0 Å². The van der Waals surface area contributed by atoms with Crippen LogP contribution in [-0.4, -0.2) is 69.6 Å². The van der Waals surface area contributed by atoms with Crippen molar-refractivity contribution in [3.8, 4) is 17.1 Å². The Balaban J connectivity index is 1.70. The Morgan fingerprint density at radius 2 is 1.98 bits per heavy atom. The third-order valence-electron chi connectivity index (χ3n) is 6.45. The molecule has 214 valence electrons. The number of carbonyl (C=O) groups excluding carboxylic acids is 1. The van der Waals surface area contributed by atoms with E-state index in [1.165, 1.54) is 17.0 Å². The number of urea groups is 1. The zero-order valence-electron chi connectivity index (χ0n) is 22.3. The van der Waals surface area contributed by atoms with Gasteiger partial charge in [-0.15, -0.1) is 0 Å². The van der Waals surface area contributed by atoms with Crippen LogP contribution in [0, 0.1) is 6.92 Å². The normalized spacial score (nSPS) is 16.2. The Morgan fingerprint density at radius 1 is 1.20 bits per heavy atom. The highest BCUT2D eigenvalue weighted by molar-refractivity contribution is 6.03. The molecule has 0 saturated heterocycles. The predicted octanol–water partition coefficient (Wildman–Crippen LogP) is 4.25. The van der Waals surface area contributed by atoms with Gasteiger partial charge in [-0.1, -0.05) is 12.1 Å². The highest BCUT2D eigenvalue weighted by atomic mass is 19.4. The average molecular weight is 561 g/mol. The summed E-state index contributed by atoms with van der Waals surface area (Å²) in [7, 11) is 0. The number of halogens is 3. The lowest BCUT2D eigenvalue weighted by Gasteiger charge is -2.28. The van der Waals surface area contributed by atoms with Crippen LogP contribution < -0.4 is 19.9 Å². The Labute approximate surface area is 229 Å². The summed E-state index contributed by atoms with van der Waals surface area (Å²) >= 11 is 0. The van der Waals surface area contributed by atoms with Gasteiger partial charge < -0.3 is 19.8 Å². The number of amides is 2. The van der Waals surface area contributed by atoms with Crippen LogP contribution in [0.5, 0.6) is 5.88 Å². The number of aliphatic hydroxyl groups excluding tert-OH is 2. The number of hydrogen-bond donors (Lipinski definition) is 3. The van der Waals surface area contributed by atoms with Gasteiger partial charge in [0.25, 0.3) is 0 Å². The second-order valence-corrected chi connectivity index (χ2v) is 9.45. The third-order valence-corrected chi connectivity index (χ3v) is 6.45. The number of alkyl halides is 3. The molecule has 0 spiro atoms. The number of ether oxygens (including phenoxy) is 1. The minimum absolute atomic E-state index is 0.0436. The lowest BCUT2D eigenvalue weighted by atomic mass is 10.1. The van der Waals surface area contributed by atoms with E-state index in [1.54, 1.807) is 25.1 Å². The molecule has 0 radical (unpaired) electrons. The topological polar surface area (TPSA) is 124 Å². The van der Waals surface area contributed by atoms with Crippen molar-refractivity contribution in [2.24, 2.45) is 0 Å². The molecule has 40 heavy (non-hydrogen) atoms. The first kappa shape index (κ1) is 29.0. The van der Waals surface area contributed by atoms with Gasteiger partial charge in [-0.3, -0.25) is 10.2 Å². The summed E-state index contributed by atoms with van der Waals surface area (Å²) < 4.78 is 45.5. The molecule has 2 amide bonds. The van der Waals surface area contributed by atoms with Crippen molar-refractivity contribution < 1.29 is 32.9 Å². The molecule has 2 aromatic heterocycles. The molecule has 10 nitrogen and oxygen atoms in total. The molecular weight excluding hydrogens is 529 g/mol. The molecule has 0 fully saturated rings. The molecule has 0 saturated carbocycles. The Bertz CT molecular complexity index is 1360. The second-order valence-electron chi connectivity index (χ2n) is 9.45. The number of aromatic nitrogens is 3. The van der Waals surface area contributed by atoms with Crippen LogP contribution in [-0.2, 0) is 6.18 Å². The van der Waals surface area contributed by atoms with Crippen LogP contribution in [0.4, 0.5) is 35.4 Å². The lowest BCUT2D eigenvalue weighted by molar-refractivity contribution is -0.137. The quantitative estimate of drug-likeness (QED) is 0.392. The van der Waals surface area contributed by atoms with Crippen molar-refractivity contribution in [2.45, 2.75) is 45.5 Å². The second kappa shape index (κ2) is 12.0. The molecule has 3 aromatic rings. The van der Waals surface area contributed by atoms with E-state index in [2.05, 4.69) is 20.2 Å². The third kappa shape index (κ3) is 6.59. The number of pyridine rings is 1. The fourth-order valence-electron chi connectivity index (χ4n) is 4.37. The summed E-state index contributed by atoms with van der Waals surface area (Å²) in [6, 6.07) is 8.94. The van der Waals surface area contributed by atoms with Gasteiger partial charge in [0.05, 0.1) is 23.6 Å². The van der Waals surface area contributed by atoms with E-state index in [-0.39, 0.29) is 35.7 Å². The average Bonchev–Trinajstić information content (AvgIpc) is 3.06. The highest BCUT2D eigenvalue weighted by Gasteiger charge is 2.33. The summed E-state index contributed by atoms with van der Waals surface area (Å²) in [5.41, 5.74) is 0.931. The van der Waals surface area contributed by atoms with E-state index in [1.807, 2.05) is 13.8 Å². The van der Waals surface area contributed by atoms with Crippen molar-refractivity contribution in [3.05, 3.63) is 53.7 Å². The van der Waals surface area contributed by atoms with Crippen molar-refractivity contribution >= 4 is 23.5 Å². The fourth-order valence-corrected chi connectivity index (χ4v) is 4.37. The first-order valence-electron chi connectivity index (χ1n) is 12.8. The largest absolute Gasteiger partial charge is 0.475 e. The number of hydrogen-bond acceptors (Lipinski definition) is 8. The van der Waals surface area contributed by atoms with Crippen molar-refractivity contribution in [3.63, 3.8) is 0 Å². The van der Waals surface area contributed by atoms with Gasteiger partial charge in [-0.2, -0.15) is 18.2 Å². The molecule has 1 unspecified atom stereocenters. The zero-order chi connectivity index (χ0) is 29.0. The number of nitrogens with zero attached hydrogens (tertiary/aromatic N) is 5. The monoisotopic (exact) mass is 560 g/mol. The zero-order valence-corrected chi connectivity index (χ0v) is 22.3. The first-order valence-corrected chi connectivity index (χ1v) is 12.8. The maximum Gasteiger partial charge on any atom is 0.416 e. The molecule has 1 aromatic carbocycles. The minimum atomic E-state index is -4.51. The summed E-state index contributed by atoms with van der Waals surface area (Å²) in [4.78, 5) is 30.3. The summed E-state index contributed by atoms with van der Waals surface area (Å²) in [5, 5.41) is 21.2. The van der Waals surface area contributed by atoms with Crippen molar-refractivity contribution in [1.29, 1.82) is 0 Å². The number of anilines is 3. The van der Waals surface area contributed by atoms with E-state index in [9.17, 15) is 23.1 Å². The Kier molecular flexibility index (Phi) is 8.74. The van der Waals surface area contributed by atoms with E-state index in [4.69, 9.17) is 14.8 Å². The molecule has 1 aliphatic rings. The molecule has 3 N–H and O–H groups in total. The molecule has 3 heterocycles. The van der Waals surface area contributed by atoms with E-state index < -0.39 is 30.5 Å². The van der Waals surface area contributed by atoms with Gasteiger partial charge in [-0.05, 0) is 51.5 Å². The predicted molar refractivity (Wildman–Crippen MR) is 143 cm³/mol. The maximum atomic E-state index is 13.7. The molecular formula is C27H31F3N6O4. The van der Waals surface area contributed by atoms with Crippen molar-refractivity contribution in [1.82, 2.24) is 15.0 Å². The minimum Gasteiger partial charge on any atom is -0.475 e. The van der Waals surface area contributed by atoms with Gasteiger partial charge in [0.2, 0.25) is 11.8 Å². The van der Waals surface area contributed by atoms with Gasteiger partial charge >= 0.3 is 12.2 Å². The SMILES string of the molecule is CCN1CC[C@@H](C)N(C(=O)Nc2nc(C)cc(OCC(O)CO)n2)c2nc(-c3cccc(C(F)(F)F)c3)ccc21. The van der Waals surface area contributed by atoms with Gasteiger partial charge in [0, 0.05) is 36.5 Å². The van der Waals surface area contributed by atoms with E-state index in [0.717, 1.165) is 12.1 Å². The number of rotatable bonds is 7. The molecule has 2 atom stereocenters. The number of carbonyl (C=O) groups is 1. The van der Waals surface area contributed by atoms with Gasteiger partial charge in [-0.25, -0.2) is 14.8 Å². The molecule has 4 rings (SSSR count). The van der Waals surface area contributed by atoms with Crippen LogP contribution in [0.15, 0.2) is 42.5 Å². The molecule has 13 heteroatoms. The molecule has 0 bridgehead atoms. The summed E-state index contributed by atoms with van der Waals surface area (Å²) in [5.74, 6) is 0.356. The highest BCUT2D eigenvalue weighted by Crippen LogP contribution is 2.37. The van der Waals surface area contributed by atoms with Gasteiger partial charge in [0.1, 0.15) is 12.7 Å². The fraction of sp³-hybridized carbons (Fsp3) is 0.407. The molecule has 0 aliphatic carbocycles. The summed E-state index contributed by atoms with van der Waals surface area (Å²) in [6.45, 7) is 6.12. The smallest absolute Gasteiger partial charge is 0.416 e. The van der Waals surface area contributed by atoms with Crippen LogP contribution in [0.25, 0.3) is 11.3 Å². The van der Waals surface area contributed by atoms with Crippen LogP contribution >= 0.6 is 0 Å². The standard InChI is InChI=1S/C27H31F3N6O4/c1-4-35-11-10-17(3)36(26(39)34-25-31-16(2)12-23(33-25)40-15-20(38)14-37)24-22(35)9-8-21(32-24)18-6-5-7-19(13-18)27(28,29)30/h5-9,12-13,17,20,37-38H,4,10-11,14-15H2,1-3H3,(H,31,33,34,39)/t17-,20?/m1/s1. The summed E-state index contributed by atoms with van der Waals surface area (Å²) in [6.07, 6.45) is -4.99. The van der Waals surface area contributed by atoms with Crippen LogP contribution in [0.3, 0.4) is 0 Å². The number of benzene rings is 1. The first-order chi connectivity index (χ1) is 19.0.